The summed E-state index contributed by atoms with van der Waals surface area (Å²) < 4.78 is 10.9. The number of benzene rings is 6. The van der Waals surface area contributed by atoms with Crippen LogP contribution in [0, 0.1) is 0 Å². The Morgan fingerprint density at radius 3 is 1.83 bits per heavy atom. The van der Waals surface area contributed by atoms with Crippen LogP contribution < -0.4 is 4.74 Å². The van der Waals surface area contributed by atoms with E-state index in [4.69, 9.17) is 14.8 Å². The van der Waals surface area contributed by atoms with Crippen LogP contribution in [-0.2, 0) is 5.41 Å². The number of fused-ring (bicyclic) bond motifs is 11. The van der Waals surface area contributed by atoms with Crippen LogP contribution in [0.1, 0.15) is 26.3 Å². The van der Waals surface area contributed by atoms with Gasteiger partial charge in [0.25, 0.3) is 0 Å². The molecule has 3 aromatic heterocycles. The molecule has 9 aromatic rings. The predicted octanol–water partition coefficient (Wildman–Crippen LogP) is 12.4. The highest BCUT2D eigenvalue weighted by Crippen LogP contribution is 2.47. The van der Waals surface area contributed by atoms with Crippen molar-refractivity contribution in [1.29, 1.82) is 0 Å². The molecule has 53 heavy (non-hydrogen) atoms. The maximum absolute atomic E-state index is 6.64. The lowest BCUT2D eigenvalue weighted by Gasteiger charge is -2.20. The van der Waals surface area contributed by atoms with Gasteiger partial charge in [-0.3, -0.25) is 4.57 Å². The monoisotopic (exact) mass is 684 g/mol. The molecule has 0 amide bonds. The fourth-order valence-electron chi connectivity index (χ4n) is 7.83. The fraction of sp³-hybridized carbons (Fsp3) is 0.0833. The summed E-state index contributed by atoms with van der Waals surface area (Å²) in [5.74, 6) is 2.37. The number of aromatic nitrogens is 4. The van der Waals surface area contributed by atoms with E-state index >= 15 is 0 Å². The van der Waals surface area contributed by atoms with E-state index in [1.807, 2.05) is 23.0 Å². The Labute approximate surface area is 308 Å². The van der Waals surface area contributed by atoms with Gasteiger partial charge in [-0.25, -0.2) is 9.67 Å². The highest BCUT2D eigenvalue weighted by Gasteiger charge is 2.25. The lowest BCUT2D eigenvalue weighted by molar-refractivity contribution is 0.483. The summed E-state index contributed by atoms with van der Waals surface area (Å²) in [6, 6.07) is 53.2. The predicted molar refractivity (Wildman–Crippen MR) is 216 cm³/mol. The smallest absolute Gasteiger partial charge is 0.137 e. The summed E-state index contributed by atoms with van der Waals surface area (Å²) in [7, 11) is 0. The van der Waals surface area contributed by atoms with E-state index in [0.717, 1.165) is 61.8 Å². The van der Waals surface area contributed by atoms with E-state index in [2.05, 4.69) is 171 Å². The molecule has 6 aromatic carbocycles. The second-order valence-corrected chi connectivity index (χ2v) is 14.8. The van der Waals surface area contributed by atoms with Gasteiger partial charge in [0.15, 0.2) is 0 Å². The van der Waals surface area contributed by atoms with E-state index in [1.54, 1.807) is 0 Å². The van der Waals surface area contributed by atoms with Crippen LogP contribution >= 0.6 is 0 Å². The minimum absolute atomic E-state index is 0.000200. The molecule has 0 bridgehead atoms. The topological polar surface area (TPSA) is 44.9 Å². The minimum Gasteiger partial charge on any atom is -0.457 e. The van der Waals surface area contributed by atoms with Crippen LogP contribution in [0.15, 0.2) is 164 Å². The van der Waals surface area contributed by atoms with Gasteiger partial charge in [0, 0.05) is 46.4 Å². The molecule has 1 aliphatic carbocycles. The van der Waals surface area contributed by atoms with Gasteiger partial charge in [-0.1, -0.05) is 118 Å². The molecule has 0 fully saturated rings. The molecule has 5 nitrogen and oxygen atoms in total. The third kappa shape index (κ3) is 5.15. The standard InChI is InChI=1S/C48H36N4O/c1-48(2,3)31-25-26-49-46(27-31)52-44-22-11-10-20-40(44)41-24-23-34(29-45(41)52)53-33-14-12-13-32(28-33)51-30-43-39-19-7-6-17-37(39)35-15-4-5-16-36(35)38-18-8-9-21-42(38)47(43)50-51/h4-30H,1-3H3. The SMILES string of the molecule is CC(C)(C)c1ccnc(-n2c3ccccc3c3ccc(Oc4cccc(-n5cc6c(n5)-c5ccccc5-c5ccccc5-c5ccccc5-6)c4)cc32)c1. The molecule has 0 radical (unpaired) electrons. The van der Waals surface area contributed by atoms with Gasteiger partial charge in [0.05, 0.1) is 16.7 Å². The first kappa shape index (κ1) is 31.1. The second-order valence-electron chi connectivity index (χ2n) is 14.8. The molecular formula is C48H36N4O. The van der Waals surface area contributed by atoms with Crippen LogP contribution in [0.25, 0.3) is 77.9 Å². The van der Waals surface area contributed by atoms with Crippen molar-refractivity contribution in [3.63, 3.8) is 0 Å². The molecule has 0 aliphatic heterocycles. The highest BCUT2D eigenvalue weighted by molar-refractivity contribution is 6.09. The summed E-state index contributed by atoms with van der Waals surface area (Å²) in [6.07, 6.45) is 4.07. The lowest BCUT2D eigenvalue weighted by Crippen LogP contribution is -2.12. The molecule has 3 heterocycles. The Bertz CT molecular complexity index is 2790. The maximum Gasteiger partial charge on any atom is 0.137 e. The largest absolute Gasteiger partial charge is 0.457 e. The van der Waals surface area contributed by atoms with Gasteiger partial charge < -0.3 is 4.74 Å². The van der Waals surface area contributed by atoms with Gasteiger partial charge in [0.1, 0.15) is 23.0 Å². The third-order valence-corrected chi connectivity index (χ3v) is 10.4. The van der Waals surface area contributed by atoms with Crippen molar-refractivity contribution in [1.82, 2.24) is 19.3 Å². The van der Waals surface area contributed by atoms with E-state index in [9.17, 15) is 0 Å². The Hall–Kier alpha value is -6.72. The van der Waals surface area contributed by atoms with E-state index in [0.29, 0.717) is 0 Å². The van der Waals surface area contributed by atoms with Crippen molar-refractivity contribution in [3.05, 3.63) is 170 Å². The van der Waals surface area contributed by atoms with Gasteiger partial charge in [-0.2, -0.15) is 5.10 Å². The molecule has 0 unspecified atom stereocenters. The van der Waals surface area contributed by atoms with Gasteiger partial charge in [-0.05, 0) is 81.3 Å². The molecule has 0 saturated heterocycles. The molecule has 0 N–H and O–H groups in total. The molecule has 0 spiro atoms. The summed E-state index contributed by atoms with van der Waals surface area (Å²) in [6.45, 7) is 6.70. The number of pyridine rings is 1. The van der Waals surface area contributed by atoms with E-state index < -0.39 is 0 Å². The summed E-state index contributed by atoms with van der Waals surface area (Å²) in [4.78, 5) is 4.85. The quantitative estimate of drug-likeness (QED) is 0.185. The number of hydrogen-bond donors (Lipinski definition) is 0. The van der Waals surface area contributed by atoms with Crippen LogP contribution in [0.4, 0.5) is 0 Å². The second kappa shape index (κ2) is 11.9. The Morgan fingerprint density at radius 1 is 0.509 bits per heavy atom. The Kier molecular flexibility index (Phi) is 6.99. The molecule has 1 aliphatic rings. The van der Waals surface area contributed by atoms with Crippen LogP contribution in [-0.4, -0.2) is 19.3 Å². The molecule has 0 saturated carbocycles. The molecule has 10 rings (SSSR count). The van der Waals surface area contributed by atoms with Crippen LogP contribution in [0.3, 0.4) is 0 Å². The average molecular weight is 685 g/mol. The highest BCUT2D eigenvalue weighted by atomic mass is 16.5. The van der Waals surface area contributed by atoms with Crippen molar-refractivity contribution in [2.24, 2.45) is 0 Å². The normalized spacial score (nSPS) is 12.1. The van der Waals surface area contributed by atoms with Crippen molar-refractivity contribution in [2.45, 2.75) is 26.2 Å². The van der Waals surface area contributed by atoms with Crippen molar-refractivity contribution in [3.8, 4) is 67.6 Å². The van der Waals surface area contributed by atoms with Gasteiger partial charge in [0.2, 0.25) is 0 Å². The summed E-state index contributed by atoms with van der Waals surface area (Å²) in [5.41, 5.74) is 13.4. The zero-order chi connectivity index (χ0) is 35.7. The van der Waals surface area contributed by atoms with Gasteiger partial charge >= 0.3 is 0 Å². The molecule has 5 heteroatoms. The number of rotatable bonds is 4. The maximum atomic E-state index is 6.64. The van der Waals surface area contributed by atoms with E-state index in [-0.39, 0.29) is 5.41 Å². The Balaban J connectivity index is 1.07. The third-order valence-electron chi connectivity index (χ3n) is 10.4. The molecular weight excluding hydrogens is 649 g/mol. The fourth-order valence-corrected chi connectivity index (χ4v) is 7.83. The van der Waals surface area contributed by atoms with Crippen LogP contribution in [0.2, 0.25) is 0 Å². The van der Waals surface area contributed by atoms with Crippen LogP contribution in [0.5, 0.6) is 11.5 Å². The summed E-state index contributed by atoms with van der Waals surface area (Å²) >= 11 is 0. The number of ether oxygens (including phenoxy) is 1. The van der Waals surface area contributed by atoms with Crippen molar-refractivity contribution in [2.75, 3.05) is 0 Å². The van der Waals surface area contributed by atoms with E-state index in [1.165, 1.54) is 33.2 Å². The first-order valence-electron chi connectivity index (χ1n) is 18.1. The summed E-state index contributed by atoms with van der Waals surface area (Å²) in [5, 5.41) is 7.60. The number of para-hydroxylation sites is 1. The van der Waals surface area contributed by atoms with Crippen molar-refractivity contribution < 1.29 is 4.74 Å². The minimum atomic E-state index is -0.000200. The zero-order valence-electron chi connectivity index (χ0n) is 29.8. The first-order chi connectivity index (χ1) is 25.9. The molecule has 0 atom stereocenters. The molecule has 254 valence electrons. The van der Waals surface area contributed by atoms with Crippen molar-refractivity contribution >= 4 is 21.8 Å². The van der Waals surface area contributed by atoms with Gasteiger partial charge in [-0.15, -0.1) is 0 Å². The Morgan fingerprint density at radius 2 is 1.11 bits per heavy atom. The lowest BCUT2D eigenvalue weighted by atomic mass is 9.83. The average Bonchev–Trinajstić information content (AvgIpc) is 3.77. The number of hydrogen-bond acceptors (Lipinski definition) is 3. The number of nitrogens with zero attached hydrogens (tertiary/aromatic N) is 4. The zero-order valence-corrected chi connectivity index (χ0v) is 29.8. The first-order valence-corrected chi connectivity index (χ1v) is 18.1.